The predicted molar refractivity (Wildman–Crippen MR) is 32.9 cm³/mol. The second kappa shape index (κ2) is 6.11. The van der Waals surface area contributed by atoms with Gasteiger partial charge in [0.15, 0.2) is 0 Å². The largest absolute Gasteiger partial charge is 0.702 e. The van der Waals surface area contributed by atoms with Crippen molar-refractivity contribution in [1.82, 2.24) is 0 Å². The Morgan fingerprint density at radius 2 is 1.88 bits per heavy atom. The first kappa shape index (κ1) is 11.7. The van der Waals surface area contributed by atoms with Crippen molar-refractivity contribution in [3.05, 3.63) is 17.5 Å². The molecular formula is C6H12AcN-. The maximum atomic E-state index is 7.14. The molecule has 0 spiro atoms. The van der Waals surface area contributed by atoms with Gasteiger partial charge in [0.1, 0.15) is 0 Å². The number of hydrogen-bond donors (Lipinski definition) is 0. The molecule has 1 radical (unpaired) electrons. The molecule has 0 saturated heterocycles. The Bertz CT molecular complexity index is 76.6. The molecule has 0 aromatic carbocycles. The van der Waals surface area contributed by atoms with E-state index in [0.717, 1.165) is 5.70 Å². The maximum absolute atomic E-state index is 7.14. The van der Waals surface area contributed by atoms with Crippen LogP contribution in [0.1, 0.15) is 20.8 Å². The fraction of sp³-hybridized carbons (Fsp3) is 0.667. The van der Waals surface area contributed by atoms with Gasteiger partial charge in [-0.25, -0.2) is 0 Å². The Kier molecular flexibility index (Phi) is 8.96. The fourth-order valence-electron chi connectivity index (χ4n) is 0.333. The van der Waals surface area contributed by atoms with Crippen LogP contribution < -0.4 is 0 Å². The summed E-state index contributed by atoms with van der Waals surface area (Å²) in [5.41, 5.74) is 7.86. The van der Waals surface area contributed by atoms with Crippen LogP contribution in [0.15, 0.2) is 11.8 Å². The van der Waals surface area contributed by atoms with E-state index in [1.807, 2.05) is 26.8 Å². The summed E-state index contributed by atoms with van der Waals surface area (Å²) >= 11 is 0. The second-order valence-corrected chi connectivity index (χ2v) is 1.90. The molecule has 1 N–H and O–H groups in total. The summed E-state index contributed by atoms with van der Waals surface area (Å²) in [6.07, 6.45) is 1.82. The summed E-state index contributed by atoms with van der Waals surface area (Å²) < 4.78 is 0. The molecule has 0 amide bonds. The zero-order chi connectivity index (χ0) is 5.86. The van der Waals surface area contributed by atoms with Crippen molar-refractivity contribution >= 4 is 0 Å². The molecule has 0 heterocycles. The first-order valence-electron chi connectivity index (χ1n) is 2.56. The zero-order valence-electron chi connectivity index (χ0n) is 5.73. The molecule has 0 rings (SSSR count). The summed E-state index contributed by atoms with van der Waals surface area (Å²) in [6.45, 7) is 5.92. The minimum absolute atomic E-state index is 0. The van der Waals surface area contributed by atoms with Crippen molar-refractivity contribution in [2.45, 2.75) is 20.8 Å². The Labute approximate surface area is 87.3 Å². The molecule has 0 aliphatic rings. The molecule has 0 saturated carbocycles. The molecule has 45 valence electrons. The minimum atomic E-state index is 0. The van der Waals surface area contributed by atoms with Crippen LogP contribution >= 0.6 is 0 Å². The van der Waals surface area contributed by atoms with Gasteiger partial charge in [-0.3, -0.25) is 0 Å². The van der Waals surface area contributed by atoms with Gasteiger partial charge in [-0.15, -0.1) is 6.08 Å². The molecule has 0 aromatic rings. The Hall–Kier alpha value is 0.982. The van der Waals surface area contributed by atoms with E-state index in [-0.39, 0.29) is 44.1 Å². The van der Waals surface area contributed by atoms with Gasteiger partial charge in [0.25, 0.3) is 0 Å². The van der Waals surface area contributed by atoms with Gasteiger partial charge in [-0.1, -0.05) is 13.8 Å². The SMILES string of the molecule is C/C=C(\[NH-])C(C)C.[Ac]. The number of allylic oxidation sites excluding steroid dienone is 2. The van der Waals surface area contributed by atoms with Gasteiger partial charge in [0.2, 0.25) is 0 Å². The first-order valence-corrected chi connectivity index (χ1v) is 2.56. The van der Waals surface area contributed by atoms with Crippen molar-refractivity contribution in [1.29, 1.82) is 0 Å². The topological polar surface area (TPSA) is 23.8 Å². The Balaban J connectivity index is 0. The standard InChI is InChI=1S/C6H12N.Ac/c1-4-6(7)5(2)3;/h4-5,7H,1-3H3;/q-1;/b6-4-;. The van der Waals surface area contributed by atoms with Crippen LogP contribution in [0.2, 0.25) is 0 Å². The Morgan fingerprint density at radius 3 is 1.88 bits per heavy atom. The van der Waals surface area contributed by atoms with E-state index in [1.54, 1.807) is 0 Å². The van der Waals surface area contributed by atoms with Crippen molar-refractivity contribution in [2.24, 2.45) is 5.92 Å². The van der Waals surface area contributed by atoms with Crippen LogP contribution in [0.25, 0.3) is 5.73 Å². The molecule has 2 heteroatoms. The molecule has 0 aromatic heterocycles. The van der Waals surface area contributed by atoms with Crippen LogP contribution in [0.5, 0.6) is 0 Å². The van der Waals surface area contributed by atoms with E-state index >= 15 is 0 Å². The van der Waals surface area contributed by atoms with Crippen molar-refractivity contribution in [3.63, 3.8) is 0 Å². The summed E-state index contributed by atoms with van der Waals surface area (Å²) in [7, 11) is 0. The maximum Gasteiger partial charge on any atom is 0 e. The molecule has 1 nitrogen and oxygen atoms in total. The van der Waals surface area contributed by atoms with Gasteiger partial charge >= 0.3 is 0 Å². The van der Waals surface area contributed by atoms with Crippen LogP contribution in [-0.4, -0.2) is 0 Å². The molecule has 8 heavy (non-hydrogen) atoms. The third kappa shape index (κ3) is 5.12. The summed E-state index contributed by atoms with van der Waals surface area (Å²) in [6, 6.07) is 0. The van der Waals surface area contributed by atoms with Crippen molar-refractivity contribution < 1.29 is 44.1 Å². The molecule has 0 atom stereocenters. The van der Waals surface area contributed by atoms with E-state index in [2.05, 4.69) is 0 Å². The quantitative estimate of drug-likeness (QED) is 0.708. The normalized spacial score (nSPS) is 11.2. The summed E-state index contributed by atoms with van der Waals surface area (Å²) in [5, 5.41) is 0. The van der Waals surface area contributed by atoms with E-state index in [0.29, 0.717) is 5.92 Å². The van der Waals surface area contributed by atoms with Gasteiger partial charge in [-0.05, 0) is 12.8 Å². The predicted octanol–water partition coefficient (Wildman–Crippen LogP) is 2.60. The summed E-state index contributed by atoms with van der Waals surface area (Å²) in [4.78, 5) is 0. The van der Waals surface area contributed by atoms with Crippen molar-refractivity contribution in [3.8, 4) is 0 Å². The monoisotopic (exact) mass is 325 g/mol. The Morgan fingerprint density at radius 1 is 1.50 bits per heavy atom. The molecule has 0 fully saturated rings. The smallest absolute Gasteiger partial charge is 0 e. The van der Waals surface area contributed by atoms with E-state index in [1.165, 1.54) is 0 Å². The van der Waals surface area contributed by atoms with Gasteiger partial charge in [0.05, 0.1) is 0 Å². The van der Waals surface area contributed by atoms with Gasteiger partial charge in [0, 0.05) is 44.1 Å². The van der Waals surface area contributed by atoms with E-state index < -0.39 is 0 Å². The number of rotatable bonds is 1. The molecule has 0 unspecified atom stereocenters. The molecule has 0 bridgehead atoms. The first-order chi connectivity index (χ1) is 3.18. The zero-order valence-corrected chi connectivity index (χ0v) is 10.5. The third-order valence-electron chi connectivity index (χ3n) is 0.933. The van der Waals surface area contributed by atoms with Crippen molar-refractivity contribution in [2.75, 3.05) is 0 Å². The average molecular weight is 325 g/mol. The second-order valence-electron chi connectivity index (χ2n) is 1.90. The molecule has 0 aliphatic heterocycles. The van der Waals surface area contributed by atoms with E-state index in [9.17, 15) is 0 Å². The van der Waals surface area contributed by atoms with Crippen LogP contribution in [0, 0.1) is 50.0 Å². The fourth-order valence-corrected chi connectivity index (χ4v) is 0.333. The number of nitrogens with one attached hydrogen (secondary N) is 1. The molecular weight excluding hydrogens is 313 g/mol. The van der Waals surface area contributed by atoms with Gasteiger partial charge in [-0.2, -0.15) is 5.70 Å². The van der Waals surface area contributed by atoms with Crippen LogP contribution in [-0.2, 0) is 0 Å². The third-order valence-corrected chi connectivity index (χ3v) is 0.933. The number of hydrogen-bond acceptors (Lipinski definition) is 0. The van der Waals surface area contributed by atoms with E-state index in [4.69, 9.17) is 5.73 Å². The minimum Gasteiger partial charge on any atom is -0.702 e. The van der Waals surface area contributed by atoms with Crippen LogP contribution in [0.3, 0.4) is 0 Å². The van der Waals surface area contributed by atoms with Crippen LogP contribution in [0.4, 0.5) is 0 Å². The molecule has 0 aliphatic carbocycles. The van der Waals surface area contributed by atoms with Gasteiger partial charge < -0.3 is 5.73 Å². The average Bonchev–Trinajstić information content (AvgIpc) is 1.65. The summed E-state index contributed by atoms with van der Waals surface area (Å²) in [5.74, 6) is 0.394.